The van der Waals surface area contributed by atoms with Crippen LogP contribution >= 0.6 is 0 Å². The van der Waals surface area contributed by atoms with Crippen LogP contribution in [-0.4, -0.2) is 47.3 Å². The van der Waals surface area contributed by atoms with Crippen molar-refractivity contribution in [3.8, 4) is 17.3 Å². The Labute approximate surface area is 233 Å². The molecule has 2 aromatic carbocycles. The number of alkyl halides is 3. The van der Waals surface area contributed by atoms with E-state index in [2.05, 4.69) is 0 Å². The number of hydrogen-bond acceptors (Lipinski definition) is 5. The van der Waals surface area contributed by atoms with Gasteiger partial charge in [-0.05, 0) is 45.0 Å². The average Bonchev–Trinajstić information content (AvgIpc) is 2.89. The third-order valence-electron chi connectivity index (χ3n) is 6.50. The topological polar surface area (TPSA) is 78.6 Å². The molecule has 0 bridgehead atoms. The van der Waals surface area contributed by atoms with Crippen LogP contribution in [-0.2, 0) is 17.5 Å². The highest BCUT2D eigenvalue weighted by atomic mass is 19.4. The molecule has 7 nitrogen and oxygen atoms in total. The molecule has 3 aromatic rings. The summed E-state index contributed by atoms with van der Waals surface area (Å²) >= 11 is 0. The Kier molecular flexibility index (Phi) is 8.10. The number of nitrogens with zero attached hydrogens (tertiary/aromatic N) is 4. The number of anilines is 1. The number of piperazine rings is 1. The summed E-state index contributed by atoms with van der Waals surface area (Å²) < 4.78 is 76.0. The first-order chi connectivity index (χ1) is 19.2. The van der Waals surface area contributed by atoms with E-state index in [0.29, 0.717) is 44.0 Å². The number of nitriles is 1. The van der Waals surface area contributed by atoms with Crippen LogP contribution in [0.25, 0.3) is 11.3 Å². The molecule has 0 atom stereocenters. The van der Waals surface area contributed by atoms with Gasteiger partial charge in [-0.15, -0.1) is 0 Å². The minimum Gasteiger partial charge on any atom is -0.444 e. The lowest BCUT2D eigenvalue weighted by Gasteiger charge is -2.37. The highest BCUT2D eigenvalue weighted by Crippen LogP contribution is 2.35. The Morgan fingerprint density at radius 3 is 2.27 bits per heavy atom. The largest absolute Gasteiger partial charge is 0.444 e. The van der Waals surface area contributed by atoms with Crippen LogP contribution in [0.2, 0.25) is 0 Å². The maximum Gasteiger partial charge on any atom is 0.417 e. The number of benzene rings is 2. The Hall–Kier alpha value is -4.40. The van der Waals surface area contributed by atoms with Gasteiger partial charge in [0.05, 0.1) is 17.8 Å². The molecule has 0 spiro atoms. The molecule has 12 heteroatoms. The van der Waals surface area contributed by atoms with Gasteiger partial charge in [-0.3, -0.25) is 4.79 Å². The molecule has 1 aliphatic heterocycles. The highest BCUT2D eigenvalue weighted by Gasteiger charge is 2.37. The summed E-state index contributed by atoms with van der Waals surface area (Å²) in [4.78, 5) is 29.1. The smallest absolute Gasteiger partial charge is 0.417 e. The van der Waals surface area contributed by atoms with E-state index in [9.17, 15) is 36.8 Å². The van der Waals surface area contributed by atoms with Crippen molar-refractivity contribution in [2.75, 3.05) is 31.1 Å². The van der Waals surface area contributed by atoms with Gasteiger partial charge in [0.25, 0.3) is 5.56 Å². The summed E-state index contributed by atoms with van der Waals surface area (Å²) in [6, 6.07) is 11.1. The summed E-state index contributed by atoms with van der Waals surface area (Å²) in [6.07, 6.45) is -5.45. The molecule has 41 heavy (non-hydrogen) atoms. The quantitative estimate of drug-likeness (QED) is 0.369. The van der Waals surface area contributed by atoms with Crippen molar-refractivity contribution in [2.24, 2.45) is 0 Å². The zero-order valence-corrected chi connectivity index (χ0v) is 22.6. The molecule has 1 aliphatic rings. The number of rotatable bonds is 4. The predicted octanol–water partition coefficient (Wildman–Crippen LogP) is 5.79. The molecule has 2 heterocycles. The second-order valence-electron chi connectivity index (χ2n) is 10.6. The molecular formula is C29H27F5N4O3. The van der Waals surface area contributed by atoms with Crippen molar-refractivity contribution in [1.82, 2.24) is 9.47 Å². The number of halogens is 5. The molecule has 0 aliphatic carbocycles. The molecule has 1 fully saturated rings. The Balaban J connectivity index is 1.73. The normalized spacial score (nSPS) is 14.1. The minimum atomic E-state index is -5.01. The summed E-state index contributed by atoms with van der Waals surface area (Å²) in [7, 11) is 0. The van der Waals surface area contributed by atoms with Gasteiger partial charge >= 0.3 is 12.3 Å². The zero-order chi connectivity index (χ0) is 30.1. The SMILES string of the molecule is CC(C)(C)OC(=O)N1CCN(c2cccc(-c3cc(C(F)(F)F)c(C#N)c(=O)n3Cc3ccc(F)cc3F)c2)CC1. The fourth-order valence-electron chi connectivity index (χ4n) is 4.53. The van der Waals surface area contributed by atoms with Crippen molar-refractivity contribution >= 4 is 11.8 Å². The lowest BCUT2D eigenvalue weighted by atomic mass is 10.0. The fraction of sp³-hybridized carbons (Fsp3) is 0.345. The van der Waals surface area contributed by atoms with Crippen molar-refractivity contribution in [2.45, 2.75) is 39.1 Å². The standard InChI is InChI=1S/C29H27F5N4O3/c1-28(2,3)41-27(40)37-11-9-36(10-12-37)21-6-4-5-18(13-21)25-15-23(29(32,33)34)22(16-35)26(39)38(25)17-19-7-8-20(30)14-24(19)31/h4-8,13-15H,9-12,17H2,1-3H3. The maximum absolute atomic E-state index is 14.5. The summed E-state index contributed by atoms with van der Waals surface area (Å²) in [5.41, 5.74) is -3.94. The second-order valence-corrected chi connectivity index (χ2v) is 10.6. The third-order valence-corrected chi connectivity index (χ3v) is 6.50. The van der Waals surface area contributed by atoms with Crippen LogP contribution in [0.15, 0.2) is 53.3 Å². The summed E-state index contributed by atoms with van der Waals surface area (Å²) in [5.74, 6) is -1.85. The number of pyridine rings is 1. The van der Waals surface area contributed by atoms with Crippen LogP contribution in [0.1, 0.15) is 37.5 Å². The third kappa shape index (κ3) is 6.67. The van der Waals surface area contributed by atoms with E-state index in [0.717, 1.165) is 16.7 Å². The molecule has 1 aromatic heterocycles. The van der Waals surface area contributed by atoms with Gasteiger partial charge in [0, 0.05) is 49.1 Å². The number of carbonyl (C=O) groups is 1. The number of hydrogen-bond donors (Lipinski definition) is 0. The first kappa shape index (κ1) is 29.6. The number of aromatic nitrogens is 1. The first-order valence-corrected chi connectivity index (χ1v) is 12.7. The van der Waals surface area contributed by atoms with E-state index >= 15 is 0 Å². The maximum atomic E-state index is 14.5. The Bertz CT molecular complexity index is 1560. The molecule has 0 saturated carbocycles. The second kappa shape index (κ2) is 11.2. The van der Waals surface area contributed by atoms with Crippen LogP contribution in [0.4, 0.5) is 32.4 Å². The summed E-state index contributed by atoms with van der Waals surface area (Å²) in [6.45, 7) is 6.30. The van der Waals surface area contributed by atoms with E-state index < -0.39 is 52.7 Å². The monoisotopic (exact) mass is 574 g/mol. The molecule has 0 radical (unpaired) electrons. The van der Waals surface area contributed by atoms with Crippen molar-refractivity contribution in [3.05, 3.63) is 87.2 Å². The van der Waals surface area contributed by atoms with Gasteiger partial charge in [-0.1, -0.05) is 18.2 Å². The summed E-state index contributed by atoms with van der Waals surface area (Å²) in [5, 5.41) is 9.41. The van der Waals surface area contributed by atoms with Gasteiger partial charge < -0.3 is 19.1 Å². The highest BCUT2D eigenvalue weighted by molar-refractivity contribution is 5.70. The molecule has 0 unspecified atom stereocenters. The predicted molar refractivity (Wildman–Crippen MR) is 141 cm³/mol. The first-order valence-electron chi connectivity index (χ1n) is 12.7. The Morgan fingerprint density at radius 2 is 1.68 bits per heavy atom. The van der Waals surface area contributed by atoms with Crippen LogP contribution in [0.5, 0.6) is 0 Å². The lowest BCUT2D eigenvalue weighted by Crippen LogP contribution is -2.50. The molecular weight excluding hydrogens is 547 g/mol. The van der Waals surface area contributed by atoms with E-state index in [1.54, 1.807) is 43.9 Å². The van der Waals surface area contributed by atoms with Gasteiger partial charge in [0.1, 0.15) is 28.9 Å². The van der Waals surface area contributed by atoms with Crippen molar-refractivity contribution in [1.29, 1.82) is 5.26 Å². The molecule has 1 saturated heterocycles. The minimum absolute atomic E-state index is 0.146. The lowest BCUT2D eigenvalue weighted by molar-refractivity contribution is -0.137. The van der Waals surface area contributed by atoms with E-state index in [-0.39, 0.29) is 16.8 Å². The van der Waals surface area contributed by atoms with Crippen LogP contribution in [0, 0.1) is 23.0 Å². The zero-order valence-electron chi connectivity index (χ0n) is 22.6. The molecule has 0 N–H and O–H groups in total. The number of amides is 1. The van der Waals surface area contributed by atoms with Crippen LogP contribution < -0.4 is 10.5 Å². The van der Waals surface area contributed by atoms with E-state index in [1.807, 2.05) is 4.90 Å². The van der Waals surface area contributed by atoms with Gasteiger partial charge in [0.15, 0.2) is 0 Å². The number of carbonyl (C=O) groups excluding carboxylic acids is 1. The van der Waals surface area contributed by atoms with Gasteiger partial charge in [-0.2, -0.15) is 18.4 Å². The van der Waals surface area contributed by atoms with Crippen molar-refractivity contribution in [3.63, 3.8) is 0 Å². The Morgan fingerprint density at radius 1 is 1.00 bits per heavy atom. The van der Waals surface area contributed by atoms with Gasteiger partial charge in [-0.25, -0.2) is 13.6 Å². The van der Waals surface area contributed by atoms with Crippen LogP contribution in [0.3, 0.4) is 0 Å². The average molecular weight is 575 g/mol. The molecule has 216 valence electrons. The van der Waals surface area contributed by atoms with E-state index in [1.165, 1.54) is 12.1 Å². The van der Waals surface area contributed by atoms with E-state index in [4.69, 9.17) is 4.74 Å². The van der Waals surface area contributed by atoms with Crippen molar-refractivity contribution < 1.29 is 31.5 Å². The van der Waals surface area contributed by atoms with Gasteiger partial charge in [0.2, 0.25) is 0 Å². The molecule has 4 rings (SSSR count). The fourth-order valence-corrected chi connectivity index (χ4v) is 4.53. The molecule has 1 amide bonds. The number of ether oxygens (including phenoxy) is 1.